The Kier molecular flexibility index (Phi) is 2.68. The van der Waals surface area contributed by atoms with Crippen molar-refractivity contribution in [1.82, 2.24) is 9.97 Å². The van der Waals surface area contributed by atoms with E-state index in [0.29, 0.717) is 6.42 Å². The molecule has 15 heavy (non-hydrogen) atoms. The molecular weight excluding hydrogens is 210 g/mol. The van der Waals surface area contributed by atoms with Crippen LogP contribution in [0.5, 0.6) is 0 Å². The van der Waals surface area contributed by atoms with E-state index in [9.17, 15) is 5.11 Å². The number of hydrogen-bond donors (Lipinski definition) is 2. The van der Waals surface area contributed by atoms with Crippen molar-refractivity contribution in [3.8, 4) is 0 Å². The predicted molar refractivity (Wildman–Crippen MR) is 60.8 cm³/mol. The molecule has 0 saturated heterocycles. The smallest absolute Gasteiger partial charge is 0.143 e. The molecule has 5 heteroatoms. The minimum absolute atomic E-state index is 0.232. The van der Waals surface area contributed by atoms with Crippen LogP contribution in [0.2, 0.25) is 0 Å². The molecule has 0 aromatic carbocycles. The van der Waals surface area contributed by atoms with Crippen molar-refractivity contribution in [2.75, 3.05) is 6.54 Å². The van der Waals surface area contributed by atoms with Gasteiger partial charge in [0.05, 0.1) is 10.6 Å². The Morgan fingerprint density at radius 1 is 1.60 bits per heavy atom. The van der Waals surface area contributed by atoms with Crippen molar-refractivity contribution < 1.29 is 5.11 Å². The summed E-state index contributed by atoms with van der Waals surface area (Å²) in [6, 6.07) is 3.77. The minimum Gasteiger partial charge on any atom is -0.388 e. The fourth-order valence-electron chi connectivity index (χ4n) is 1.29. The zero-order valence-corrected chi connectivity index (χ0v) is 9.29. The van der Waals surface area contributed by atoms with E-state index in [-0.39, 0.29) is 6.54 Å². The second kappa shape index (κ2) is 3.84. The van der Waals surface area contributed by atoms with Gasteiger partial charge in [0.2, 0.25) is 0 Å². The number of aliphatic hydroxyl groups is 1. The van der Waals surface area contributed by atoms with Gasteiger partial charge >= 0.3 is 0 Å². The average molecular weight is 223 g/mol. The number of hydrogen-bond acceptors (Lipinski definition) is 5. The van der Waals surface area contributed by atoms with Crippen LogP contribution in [-0.4, -0.2) is 27.2 Å². The molecule has 0 saturated carbocycles. The van der Waals surface area contributed by atoms with Crippen LogP contribution in [0.15, 0.2) is 18.3 Å². The van der Waals surface area contributed by atoms with Crippen molar-refractivity contribution >= 4 is 21.7 Å². The molecule has 0 spiro atoms. The molecule has 0 aliphatic rings. The molecule has 0 amide bonds. The number of nitrogens with two attached hydrogens (primary N) is 1. The zero-order chi connectivity index (χ0) is 10.9. The lowest BCUT2D eigenvalue weighted by Gasteiger charge is -2.18. The van der Waals surface area contributed by atoms with E-state index in [4.69, 9.17) is 5.73 Å². The lowest BCUT2D eigenvalue weighted by atomic mass is 10.0. The standard InChI is InChI=1S/C10H13N3OS/c1-10(14,6-11)5-8-13-7-3-2-4-12-9(7)15-8/h2-4,14H,5-6,11H2,1H3. The highest BCUT2D eigenvalue weighted by Gasteiger charge is 2.20. The first-order chi connectivity index (χ1) is 7.11. The highest BCUT2D eigenvalue weighted by Crippen LogP contribution is 2.22. The molecule has 2 aromatic heterocycles. The van der Waals surface area contributed by atoms with E-state index in [1.165, 1.54) is 11.3 Å². The van der Waals surface area contributed by atoms with E-state index in [0.717, 1.165) is 15.4 Å². The number of nitrogens with zero attached hydrogens (tertiary/aromatic N) is 2. The summed E-state index contributed by atoms with van der Waals surface area (Å²) >= 11 is 1.50. The van der Waals surface area contributed by atoms with Crippen LogP contribution >= 0.6 is 11.3 Å². The third kappa shape index (κ3) is 2.31. The van der Waals surface area contributed by atoms with Crippen LogP contribution < -0.4 is 5.73 Å². The van der Waals surface area contributed by atoms with Crippen LogP contribution in [0.3, 0.4) is 0 Å². The maximum Gasteiger partial charge on any atom is 0.143 e. The number of aromatic nitrogens is 2. The molecule has 0 fully saturated rings. The quantitative estimate of drug-likeness (QED) is 0.812. The van der Waals surface area contributed by atoms with E-state index in [1.807, 2.05) is 12.1 Å². The Morgan fingerprint density at radius 2 is 2.40 bits per heavy atom. The SMILES string of the molecule is CC(O)(CN)Cc1nc2cccnc2s1. The monoisotopic (exact) mass is 223 g/mol. The van der Waals surface area contributed by atoms with Gasteiger partial charge in [-0.25, -0.2) is 9.97 Å². The summed E-state index contributed by atoms with van der Waals surface area (Å²) in [4.78, 5) is 9.49. The number of fused-ring (bicyclic) bond motifs is 1. The van der Waals surface area contributed by atoms with Crippen LogP contribution in [0.4, 0.5) is 0 Å². The first-order valence-electron chi connectivity index (χ1n) is 4.74. The van der Waals surface area contributed by atoms with E-state index in [1.54, 1.807) is 13.1 Å². The van der Waals surface area contributed by atoms with Crippen LogP contribution in [0.1, 0.15) is 11.9 Å². The molecule has 80 valence electrons. The first kappa shape index (κ1) is 10.5. The van der Waals surface area contributed by atoms with Gasteiger partial charge in [0.15, 0.2) is 0 Å². The fraction of sp³-hybridized carbons (Fsp3) is 0.400. The Hall–Kier alpha value is -1.04. The predicted octanol–water partition coefficient (Wildman–Crippen LogP) is 0.943. The Morgan fingerprint density at radius 3 is 3.07 bits per heavy atom. The molecule has 0 aliphatic carbocycles. The number of rotatable bonds is 3. The van der Waals surface area contributed by atoms with Crippen molar-refractivity contribution in [2.45, 2.75) is 18.9 Å². The molecule has 1 atom stereocenters. The molecule has 3 N–H and O–H groups in total. The molecule has 2 aromatic rings. The third-order valence-electron chi connectivity index (χ3n) is 2.18. The third-order valence-corrected chi connectivity index (χ3v) is 3.16. The zero-order valence-electron chi connectivity index (χ0n) is 8.47. The summed E-state index contributed by atoms with van der Waals surface area (Å²) in [5, 5.41) is 10.7. The highest BCUT2D eigenvalue weighted by atomic mass is 32.1. The van der Waals surface area contributed by atoms with Crippen molar-refractivity contribution in [3.63, 3.8) is 0 Å². The van der Waals surface area contributed by atoms with Crippen molar-refractivity contribution in [2.24, 2.45) is 5.73 Å². The average Bonchev–Trinajstić information content (AvgIpc) is 2.58. The van der Waals surface area contributed by atoms with Gasteiger partial charge in [-0.2, -0.15) is 0 Å². The minimum atomic E-state index is -0.881. The van der Waals surface area contributed by atoms with Gasteiger partial charge in [-0.1, -0.05) is 11.3 Å². The molecule has 2 rings (SSSR count). The molecular formula is C10H13N3OS. The second-order valence-electron chi connectivity index (χ2n) is 3.81. The summed E-state index contributed by atoms with van der Waals surface area (Å²) in [5.41, 5.74) is 5.46. The molecule has 4 nitrogen and oxygen atoms in total. The number of thiazole rings is 1. The van der Waals surface area contributed by atoms with Crippen molar-refractivity contribution in [1.29, 1.82) is 0 Å². The summed E-state index contributed by atoms with van der Waals surface area (Å²) < 4.78 is 0. The highest BCUT2D eigenvalue weighted by molar-refractivity contribution is 7.18. The second-order valence-corrected chi connectivity index (χ2v) is 4.88. The van der Waals surface area contributed by atoms with Gasteiger partial charge in [-0.15, -0.1) is 0 Å². The van der Waals surface area contributed by atoms with E-state index < -0.39 is 5.60 Å². The summed E-state index contributed by atoms with van der Waals surface area (Å²) in [6.45, 7) is 1.95. The summed E-state index contributed by atoms with van der Waals surface area (Å²) in [6.07, 6.45) is 2.22. The normalized spacial score (nSPS) is 15.4. The molecule has 0 aliphatic heterocycles. The molecule has 2 heterocycles. The Bertz CT molecular complexity index is 433. The van der Waals surface area contributed by atoms with Gasteiger partial charge in [0.25, 0.3) is 0 Å². The van der Waals surface area contributed by atoms with Gasteiger partial charge in [-0.3, -0.25) is 0 Å². The molecule has 1 unspecified atom stereocenters. The van der Waals surface area contributed by atoms with Gasteiger partial charge in [0, 0.05) is 19.2 Å². The van der Waals surface area contributed by atoms with Crippen LogP contribution in [-0.2, 0) is 6.42 Å². The lowest BCUT2D eigenvalue weighted by molar-refractivity contribution is 0.0696. The molecule has 0 bridgehead atoms. The largest absolute Gasteiger partial charge is 0.388 e. The summed E-state index contributed by atoms with van der Waals surface area (Å²) in [5.74, 6) is 0. The van der Waals surface area contributed by atoms with Gasteiger partial charge < -0.3 is 10.8 Å². The van der Waals surface area contributed by atoms with Crippen molar-refractivity contribution in [3.05, 3.63) is 23.3 Å². The van der Waals surface area contributed by atoms with E-state index >= 15 is 0 Å². The first-order valence-corrected chi connectivity index (χ1v) is 5.55. The van der Waals surface area contributed by atoms with Gasteiger partial charge in [0.1, 0.15) is 10.3 Å². The fourth-order valence-corrected chi connectivity index (χ4v) is 2.37. The van der Waals surface area contributed by atoms with Crippen LogP contribution in [0, 0.1) is 0 Å². The van der Waals surface area contributed by atoms with E-state index in [2.05, 4.69) is 9.97 Å². The molecule has 0 radical (unpaired) electrons. The lowest BCUT2D eigenvalue weighted by Crippen LogP contribution is -2.36. The summed E-state index contributed by atoms with van der Waals surface area (Å²) in [7, 11) is 0. The topological polar surface area (TPSA) is 72.0 Å². The Labute approximate surface area is 91.8 Å². The van der Waals surface area contributed by atoms with Crippen LogP contribution in [0.25, 0.3) is 10.3 Å². The maximum atomic E-state index is 9.82. The van der Waals surface area contributed by atoms with Gasteiger partial charge in [-0.05, 0) is 19.1 Å². The Balaban J connectivity index is 2.30. The maximum absolute atomic E-state index is 9.82. The number of pyridine rings is 1.